The van der Waals surface area contributed by atoms with Crippen LogP contribution in [0.25, 0.3) is 0 Å². The maximum absolute atomic E-state index is 11.7. The lowest BCUT2D eigenvalue weighted by Crippen LogP contribution is -2.37. The number of ether oxygens (including phenoxy) is 1. The molecule has 0 radical (unpaired) electrons. The van der Waals surface area contributed by atoms with Crippen molar-refractivity contribution in [3.05, 3.63) is 46.0 Å². The largest absolute Gasteiger partial charge is 0.481 e. The number of carboxylic acid groups (broad SMARTS) is 1. The monoisotopic (exact) mass is 383 g/mol. The Morgan fingerprint density at radius 2 is 2.08 bits per heavy atom. The average molecular weight is 384 g/mol. The van der Waals surface area contributed by atoms with Crippen molar-refractivity contribution in [2.45, 2.75) is 25.3 Å². The summed E-state index contributed by atoms with van der Waals surface area (Å²) in [6.45, 7) is 1.21. The number of carbonyl (C=O) groups excluding carboxylic acids is 1. The van der Waals surface area contributed by atoms with Gasteiger partial charge < -0.3 is 9.84 Å². The number of esters is 1. The van der Waals surface area contributed by atoms with E-state index in [0.717, 1.165) is 23.1 Å². The van der Waals surface area contributed by atoms with Crippen LogP contribution >= 0.6 is 24.2 Å². The molecule has 1 aromatic carbocycles. The Morgan fingerprint density at radius 1 is 1.36 bits per heavy atom. The van der Waals surface area contributed by atoms with Crippen molar-refractivity contribution in [1.29, 1.82) is 0 Å². The number of hydrogen-bond donors (Lipinski definition) is 2. The lowest BCUT2D eigenvalue weighted by molar-refractivity contribution is -0.140. The molecule has 0 bridgehead atoms. The third-order valence-electron chi connectivity index (χ3n) is 4.44. The number of carbonyl (C=O) groups is 2. The van der Waals surface area contributed by atoms with Crippen molar-refractivity contribution in [1.82, 2.24) is 4.90 Å². The van der Waals surface area contributed by atoms with E-state index in [1.807, 2.05) is 18.2 Å². The zero-order chi connectivity index (χ0) is 18.4. The van der Waals surface area contributed by atoms with Crippen molar-refractivity contribution in [2.75, 3.05) is 26.0 Å². The molecule has 1 atom stereocenters. The second kappa shape index (κ2) is 9.27. The number of benzene rings is 1. The van der Waals surface area contributed by atoms with Gasteiger partial charge in [-0.2, -0.15) is 12.6 Å². The Bertz CT molecular complexity index is 677. The summed E-state index contributed by atoms with van der Waals surface area (Å²) < 4.78 is 4.78. The summed E-state index contributed by atoms with van der Waals surface area (Å²) in [6.07, 6.45) is 0.896. The van der Waals surface area contributed by atoms with Crippen LogP contribution < -0.4 is 0 Å². The van der Waals surface area contributed by atoms with Crippen molar-refractivity contribution in [3.63, 3.8) is 0 Å². The number of rotatable bonds is 7. The lowest BCUT2D eigenvalue weighted by Gasteiger charge is -2.36. The van der Waals surface area contributed by atoms with Gasteiger partial charge >= 0.3 is 11.9 Å². The highest BCUT2D eigenvalue weighted by atomic mass is 35.5. The minimum absolute atomic E-state index is 0.0502. The molecule has 1 aromatic rings. The van der Waals surface area contributed by atoms with Crippen LogP contribution in [0.15, 0.2) is 35.4 Å². The van der Waals surface area contributed by atoms with E-state index in [9.17, 15) is 14.7 Å². The van der Waals surface area contributed by atoms with E-state index in [2.05, 4.69) is 17.5 Å². The van der Waals surface area contributed by atoms with Gasteiger partial charge in [-0.3, -0.25) is 14.5 Å². The number of halogens is 1. The molecule has 1 N–H and O–H groups in total. The van der Waals surface area contributed by atoms with E-state index in [1.54, 1.807) is 6.07 Å². The fourth-order valence-electron chi connectivity index (χ4n) is 3.12. The van der Waals surface area contributed by atoms with Gasteiger partial charge in [-0.15, -0.1) is 0 Å². The standard InChI is InChI=1S/C18H22ClNO4S/c1-24-18(23)8-13-10-20(7-6-12(13)11-25)16(9-17(21)22)14-4-2-3-5-15(14)19/h2-5,16,25H,6-11H2,1H3,(H,21,22)/t16-/m0/s1. The molecule has 0 fully saturated rings. The summed E-state index contributed by atoms with van der Waals surface area (Å²) in [7, 11) is 1.36. The molecule has 25 heavy (non-hydrogen) atoms. The smallest absolute Gasteiger partial charge is 0.309 e. The Balaban J connectivity index is 2.30. The molecule has 0 saturated heterocycles. The molecule has 0 spiro atoms. The predicted molar refractivity (Wildman–Crippen MR) is 100 cm³/mol. The molecule has 0 amide bonds. The topological polar surface area (TPSA) is 66.8 Å². The van der Waals surface area contributed by atoms with E-state index in [4.69, 9.17) is 16.3 Å². The quantitative estimate of drug-likeness (QED) is 0.429. The van der Waals surface area contributed by atoms with Gasteiger partial charge in [-0.05, 0) is 23.6 Å². The van der Waals surface area contributed by atoms with Crippen LogP contribution in [0.2, 0.25) is 5.02 Å². The second-order valence-corrected chi connectivity index (χ2v) is 6.70. The first-order valence-corrected chi connectivity index (χ1v) is 9.05. The van der Waals surface area contributed by atoms with Gasteiger partial charge in [0.15, 0.2) is 0 Å². The zero-order valence-corrected chi connectivity index (χ0v) is 15.7. The second-order valence-electron chi connectivity index (χ2n) is 5.97. The molecule has 0 unspecified atom stereocenters. The van der Waals surface area contributed by atoms with Crippen molar-refractivity contribution >= 4 is 36.2 Å². The normalized spacial score (nSPS) is 16.6. The van der Waals surface area contributed by atoms with Gasteiger partial charge in [0.1, 0.15) is 0 Å². The number of hydrogen-bond acceptors (Lipinski definition) is 5. The van der Waals surface area contributed by atoms with E-state index in [0.29, 0.717) is 23.9 Å². The van der Waals surface area contributed by atoms with Crippen LogP contribution in [0.1, 0.15) is 30.9 Å². The molecule has 0 aliphatic carbocycles. The maximum Gasteiger partial charge on any atom is 0.309 e. The Kier molecular flexibility index (Phi) is 7.35. The van der Waals surface area contributed by atoms with Gasteiger partial charge in [0.05, 0.1) is 20.0 Å². The molecule has 7 heteroatoms. The summed E-state index contributed by atoms with van der Waals surface area (Å²) in [5.74, 6) is -0.609. The molecule has 1 heterocycles. The highest BCUT2D eigenvalue weighted by molar-refractivity contribution is 7.80. The maximum atomic E-state index is 11.7. The summed E-state index contributed by atoms with van der Waals surface area (Å²) in [4.78, 5) is 25.2. The number of aliphatic carboxylic acids is 1. The minimum atomic E-state index is -0.886. The SMILES string of the molecule is COC(=O)CC1=C(CS)CCN([C@@H](CC(=O)O)c2ccccc2Cl)C1. The number of methoxy groups -OCH3 is 1. The minimum Gasteiger partial charge on any atom is -0.481 e. The number of nitrogens with zero attached hydrogens (tertiary/aromatic N) is 1. The summed E-state index contributed by atoms with van der Waals surface area (Å²) in [5.41, 5.74) is 2.87. The molecule has 0 saturated carbocycles. The van der Waals surface area contributed by atoms with Gasteiger partial charge in [-0.1, -0.05) is 35.4 Å². The average Bonchev–Trinajstić information content (AvgIpc) is 2.60. The molecule has 1 aliphatic rings. The lowest BCUT2D eigenvalue weighted by atomic mass is 9.94. The third kappa shape index (κ3) is 5.23. The van der Waals surface area contributed by atoms with E-state index < -0.39 is 5.97 Å². The molecular weight excluding hydrogens is 362 g/mol. The summed E-state index contributed by atoms with van der Waals surface area (Å²) in [6, 6.07) is 6.94. The molecule has 0 aromatic heterocycles. The Morgan fingerprint density at radius 3 is 2.68 bits per heavy atom. The Hall–Kier alpha value is -1.50. The number of thiol groups is 1. The van der Waals surface area contributed by atoms with Crippen LogP contribution in [-0.2, 0) is 14.3 Å². The number of carboxylic acids is 1. The first kappa shape index (κ1) is 19.8. The van der Waals surface area contributed by atoms with Gasteiger partial charge in [0, 0.05) is 29.9 Å². The first-order valence-electron chi connectivity index (χ1n) is 8.04. The van der Waals surface area contributed by atoms with Crippen molar-refractivity contribution in [3.8, 4) is 0 Å². The first-order chi connectivity index (χ1) is 12.0. The van der Waals surface area contributed by atoms with Gasteiger partial charge in [-0.25, -0.2) is 0 Å². The fourth-order valence-corrected chi connectivity index (χ4v) is 3.77. The third-order valence-corrected chi connectivity index (χ3v) is 5.17. The predicted octanol–water partition coefficient (Wildman–Crippen LogP) is 3.35. The van der Waals surface area contributed by atoms with E-state index in [1.165, 1.54) is 7.11 Å². The van der Waals surface area contributed by atoms with Crippen LogP contribution in [-0.4, -0.2) is 47.9 Å². The summed E-state index contributed by atoms with van der Waals surface area (Å²) in [5, 5.41) is 9.89. The van der Waals surface area contributed by atoms with E-state index in [-0.39, 0.29) is 24.9 Å². The van der Waals surface area contributed by atoms with E-state index >= 15 is 0 Å². The van der Waals surface area contributed by atoms with Crippen molar-refractivity contribution < 1.29 is 19.4 Å². The highest BCUT2D eigenvalue weighted by Gasteiger charge is 2.29. The summed E-state index contributed by atoms with van der Waals surface area (Å²) >= 11 is 10.7. The molecular formula is C18H22ClNO4S. The molecule has 136 valence electrons. The van der Waals surface area contributed by atoms with Crippen LogP contribution in [0.5, 0.6) is 0 Å². The van der Waals surface area contributed by atoms with Crippen LogP contribution in [0, 0.1) is 0 Å². The van der Waals surface area contributed by atoms with Crippen molar-refractivity contribution in [2.24, 2.45) is 0 Å². The zero-order valence-electron chi connectivity index (χ0n) is 14.1. The van der Waals surface area contributed by atoms with Gasteiger partial charge in [0.2, 0.25) is 0 Å². The Labute approximate surface area is 158 Å². The highest BCUT2D eigenvalue weighted by Crippen LogP contribution is 2.34. The van der Waals surface area contributed by atoms with Crippen LogP contribution in [0.3, 0.4) is 0 Å². The molecule has 1 aliphatic heterocycles. The molecule has 5 nitrogen and oxygen atoms in total. The van der Waals surface area contributed by atoms with Crippen LogP contribution in [0.4, 0.5) is 0 Å². The molecule has 2 rings (SSSR count). The fraction of sp³-hybridized carbons (Fsp3) is 0.444. The van der Waals surface area contributed by atoms with Gasteiger partial charge in [0.25, 0.3) is 0 Å².